The van der Waals surface area contributed by atoms with E-state index >= 15 is 0 Å². The van der Waals surface area contributed by atoms with Crippen LogP contribution in [0.15, 0.2) is 42.7 Å². The first kappa shape index (κ1) is 19.6. The number of nitrogens with zero attached hydrogens (tertiary/aromatic N) is 1. The van der Waals surface area contributed by atoms with Crippen molar-refractivity contribution >= 4 is 17.5 Å². The molecule has 8 heteroatoms. The largest absolute Gasteiger partial charge is 0.417 e. The molecule has 1 aliphatic rings. The molecule has 1 fully saturated rings. The van der Waals surface area contributed by atoms with Crippen LogP contribution in [0, 0.1) is 0 Å². The number of nitrogens with one attached hydrogen (secondary N) is 2. The predicted octanol–water partition coefficient (Wildman–Crippen LogP) is 4.37. The quantitative estimate of drug-likeness (QED) is 0.805. The smallest absolute Gasteiger partial charge is 0.344 e. The summed E-state index contributed by atoms with van der Waals surface area (Å²) >= 11 is 5.89. The third-order valence-corrected chi connectivity index (χ3v) is 5.04. The van der Waals surface area contributed by atoms with Crippen molar-refractivity contribution in [3.05, 3.63) is 64.4 Å². The maximum Gasteiger partial charge on any atom is 0.417 e. The van der Waals surface area contributed by atoms with Crippen LogP contribution in [0.1, 0.15) is 46.8 Å². The van der Waals surface area contributed by atoms with Crippen LogP contribution in [0.4, 0.5) is 13.2 Å². The lowest BCUT2D eigenvalue weighted by Gasteiger charge is -2.32. The Kier molecular flexibility index (Phi) is 6.01. The standard InChI is InChI=1S/C19H19ClF3N3O/c20-16-13(6-3-7-14(16)19(21,22)23)18(27)26-17(12-5-4-9-24-11-12)15-8-1-2-10-25-15/h3-7,9,11,15,17,25H,1-2,8,10H2,(H,26,27). The summed E-state index contributed by atoms with van der Waals surface area (Å²) in [4.78, 5) is 16.9. The molecule has 27 heavy (non-hydrogen) atoms. The normalized spacial score (nSPS) is 18.7. The third-order valence-electron chi connectivity index (χ3n) is 4.63. The number of carbonyl (C=O) groups excluding carboxylic acids is 1. The van der Waals surface area contributed by atoms with Gasteiger partial charge in [-0.2, -0.15) is 13.2 Å². The number of pyridine rings is 1. The molecule has 1 aromatic carbocycles. The fraction of sp³-hybridized carbons (Fsp3) is 0.368. The summed E-state index contributed by atoms with van der Waals surface area (Å²) in [5.41, 5.74) is -0.435. The van der Waals surface area contributed by atoms with Crippen LogP contribution >= 0.6 is 11.6 Å². The van der Waals surface area contributed by atoms with Gasteiger partial charge >= 0.3 is 6.18 Å². The molecule has 0 radical (unpaired) electrons. The lowest BCUT2D eigenvalue weighted by atomic mass is 9.93. The Morgan fingerprint density at radius 3 is 2.70 bits per heavy atom. The van der Waals surface area contributed by atoms with Crippen LogP contribution in [-0.4, -0.2) is 23.5 Å². The SMILES string of the molecule is O=C(NC(c1cccnc1)C1CCCCN1)c1cccc(C(F)(F)F)c1Cl. The van der Waals surface area contributed by atoms with Gasteiger partial charge < -0.3 is 10.6 Å². The van der Waals surface area contributed by atoms with Crippen LogP contribution in [-0.2, 0) is 6.18 Å². The number of amides is 1. The number of aromatic nitrogens is 1. The number of hydrogen-bond acceptors (Lipinski definition) is 3. The molecule has 1 saturated heterocycles. The molecule has 2 heterocycles. The molecule has 2 atom stereocenters. The summed E-state index contributed by atoms with van der Waals surface area (Å²) in [6, 6.07) is 6.48. The maximum atomic E-state index is 13.1. The first-order valence-corrected chi connectivity index (χ1v) is 9.05. The molecule has 144 valence electrons. The molecule has 0 saturated carbocycles. The van der Waals surface area contributed by atoms with E-state index in [9.17, 15) is 18.0 Å². The lowest BCUT2D eigenvalue weighted by Crippen LogP contribution is -2.46. The van der Waals surface area contributed by atoms with Crippen LogP contribution < -0.4 is 10.6 Å². The average molecular weight is 398 g/mol. The van der Waals surface area contributed by atoms with Gasteiger partial charge in [0.1, 0.15) is 0 Å². The maximum absolute atomic E-state index is 13.1. The van der Waals surface area contributed by atoms with Gasteiger partial charge in [-0.05, 0) is 43.1 Å². The van der Waals surface area contributed by atoms with E-state index in [1.807, 2.05) is 6.07 Å². The summed E-state index contributed by atoms with van der Waals surface area (Å²) in [6.45, 7) is 0.821. The highest BCUT2D eigenvalue weighted by Crippen LogP contribution is 2.36. The van der Waals surface area contributed by atoms with E-state index in [1.54, 1.807) is 18.5 Å². The minimum absolute atomic E-state index is 0.0310. The zero-order valence-electron chi connectivity index (χ0n) is 14.4. The average Bonchev–Trinajstić information content (AvgIpc) is 2.66. The van der Waals surface area contributed by atoms with Gasteiger partial charge in [-0.15, -0.1) is 0 Å². The van der Waals surface area contributed by atoms with Crippen LogP contribution in [0.25, 0.3) is 0 Å². The van der Waals surface area contributed by atoms with E-state index < -0.39 is 28.7 Å². The summed E-state index contributed by atoms with van der Waals surface area (Å²) < 4.78 is 39.2. The molecule has 2 aromatic rings. The van der Waals surface area contributed by atoms with Crippen molar-refractivity contribution in [2.24, 2.45) is 0 Å². The minimum atomic E-state index is -4.62. The van der Waals surface area contributed by atoms with Crippen molar-refractivity contribution in [2.75, 3.05) is 6.54 Å². The molecular formula is C19H19ClF3N3O. The molecule has 0 spiro atoms. The van der Waals surface area contributed by atoms with Crippen molar-refractivity contribution in [1.29, 1.82) is 0 Å². The van der Waals surface area contributed by atoms with Gasteiger partial charge in [0, 0.05) is 18.4 Å². The fourth-order valence-corrected chi connectivity index (χ4v) is 3.60. The number of benzene rings is 1. The molecule has 4 nitrogen and oxygen atoms in total. The molecule has 3 rings (SSSR count). The second-order valence-corrected chi connectivity index (χ2v) is 6.84. The Morgan fingerprint density at radius 2 is 2.07 bits per heavy atom. The number of halogens is 4. The second-order valence-electron chi connectivity index (χ2n) is 6.46. The van der Waals surface area contributed by atoms with Crippen LogP contribution in [0.3, 0.4) is 0 Å². The van der Waals surface area contributed by atoms with Gasteiger partial charge in [0.05, 0.1) is 22.2 Å². The molecule has 1 amide bonds. The lowest BCUT2D eigenvalue weighted by molar-refractivity contribution is -0.137. The number of piperidine rings is 1. The number of carbonyl (C=O) groups is 1. The first-order chi connectivity index (χ1) is 12.9. The van der Waals surface area contributed by atoms with Gasteiger partial charge in [-0.25, -0.2) is 0 Å². The van der Waals surface area contributed by atoms with E-state index in [1.165, 1.54) is 12.1 Å². The molecule has 0 bridgehead atoms. The Hall–Kier alpha value is -2.12. The van der Waals surface area contributed by atoms with Crippen molar-refractivity contribution in [3.63, 3.8) is 0 Å². The molecule has 2 N–H and O–H groups in total. The van der Waals surface area contributed by atoms with Crippen molar-refractivity contribution in [2.45, 2.75) is 37.5 Å². The molecule has 1 aromatic heterocycles. The van der Waals surface area contributed by atoms with Gasteiger partial charge in [0.2, 0.25) is 0 Å². The van der Waals surface area contributed by atoms with Crippen molar-refractivity contribution < 1.29 is 18.0 Å². The first-order valence-electron chi connectivity index (χ1n) is 8.68. The van der Waals surface area contributed by atoms with E-state index in [4.69, 9.17) is 11.6 Å². The number of alkyl halides is 3. The van der Waals surface area contributed by atoms with E-state index in [0.29, 0.717) is 0 Å². The Morgan fingerprint density at radius 1 is 1.26 bits per heavy atom. The Balaban J connectivity index is 1.89. The summed E-state index contributed by atoms with van der Waals surface area (Å²) in [5.74, 6) is -0.646. The van der Waals surface area contributed by atoms with Gasteiger partial charge in [-0.1, -0.05) is 30.2 Å². The summed E-state index contributed by atoms with van der Waals surface area (Å²) in [5, 5.41) is 5.62. The van der Waals surface area contributed by atoms with E-state index in [0.717, 1.165) is 37.4 Å². The molecule has 2 unspecified atom stereocenters. The van der Waals surface area contributed by atoms with Crippen LogP contribution in [0.5, 0.6) is 0 Å². The summed E-state index contributed by atoms with van der Waals surface area (Å²) in [6.07, 6.45) is 1.55. The topological polar surface area (TPSA) is 54.0 Å². The highest BCUT2D eigenvalue weighted by atomic mass is 35.5. The number of hydrogen-bond donors (Lipinski definition) is 2. The third kappa shape index (κ3) is 4.59. The molecule has 0 aliphatic carbocycles. The monoisotopic (exact) mass is 397 g/mol. The molecule has 1 aliphatic heterocycles. The van der Waals surface area contributed by atoms with E-state index in [2.05, 4.69) is 15.6 Å². The number of rotatable bonds is 4. The van der Waals surface area contributed by atoms with Crippen LogP contribution in [0.2, 0.25) is 5.02 Å². The minimum Gasteiger partial charge on any atom is -0.344 e. The highest BCUT2D eigenvalue weighted by Gasteiger charge is 2.35. The second kappa shape index (κ2) is 8.27. The van der Waals surface area contributed by atoms with Crippen molar-refractivity contribution in [3.8, 4) is 0 Å². The Labute approximate surface area is 160 Å². The molecular weight excluding hydrogens is 379 g/mol. The Bertz CT molecular complexity index is 793. The highest BCUT2D eigenvalue weighted by molar-refractivity contribution is 6.34. The van der Waals surface area contributed by atoms with Gasteiger partial charge in [0.15, 0.2) is 0 Å². The van der Waals surface area contributed by atoms with Gasteiger partial charge in [-0.3, -0.25) is 9.78 Å². The zero-order valence-corrected chi connectivity index (χ0v) is 15.1. The zero-order chi connectivity index (χ0) is 19.4. The summed E-state index contributed by atoms with van der Waals surface area (Å²) in [7, 11) is 0. The fourth-order valence-electron chi connectivity index (χ4n) is 3.28. The predicted molar refractivity (Wildman–Crippen MR) is 96.5 cm³/mol. The van der Waals surface area contributed by atoms with Crippen molar-refractivity contribution in [1.82, 2.24) is 15.6 Å². The van der Waals surface area contributed by atoms with Gasteiger partial charge in [0.25, 0.3) is 5.91 Å². The van der Waals surface area contributed by atoms with E-state index in [-0.39, 0.29) is 11.6 Å².